The lowest BCUT2D eigenvalue weighted by molar-refractivity contribution is -0.148. The normalized spacial score (nSPS) is 17.3. The van der Waals surface area contributed by atoms with Gasteiger partial charge in [0.2, 0.25) is 0 Å². The highest BCUT2D eigenvalue weighted by molar-refractivity contribution is 5.88. The number of amides is 1. The second-order valence-corrected chi connectivity index (χ2v) is 4.93. The van der Waals surface area contributed by atoms with Crippen LogP contribution in [0.1, 0.15) is 19.8 Å². The number of ether oxygens (including phenoxy) is 1. The molecule has 1 aromatic rings. The number of aliphatic carboxylic acids is 1. The predicted molar refractivity (Wildman–Crippen MR) is 68.8 cm³/mol. The number of carbonyl (C=O) groups excluding carboxylic acids is 1. The number of hydrogen-bond donors (Lipinski definition) is 2. The Morgan fingerprint density at radius 2 is 2.00 bits per heavy atom. The van der Waals surface area contributed by atoms with Gasteiger partial charge in [0, 0.05) is 0 Å². The standard InChI is InChI=1S/C14H17NO4/c1-14(13(17)18,10-7-8-10)15-12(16)9-19-11-5-3-2-4-6-11/h2-6,10H,7-9H2,1H3,(H,15,16)(H,17,18). The quantitative estimate of drug-likeness (QED) is 0.814. The number of nitrogens with one attached hydrogen (secondary N) is 1. The van der Waals surface area contributed by atoms with Gasteiger partial charge in [0.05, 0.1) is 0 Å². The summed E-state index contributed by atoms with van der Waals surface area (Å²) in [4.78, 5) is 23.0. The molecule has 1 saturated carbocycles. The number of para-hydroxylation sites is 1. The van der Waals surface area contributed by atoms with Crippen LogP contribution >= 0.6 is 0 Å². The summed E-state index contributed by atoms with van der Waals surface area (Å²) in [5, 5.41) is 11.8. The van der Waals surface area contributed by atoms with Crippen molar-refractivity contribution in [1.29, 1.82) is 0 Å². The Hall–Kier alpha value is -2.04. The van der Waals surface area contributed by atoms with Crippen LogP contribution in [0.25, 0.3) is 0 Å². The monoisotopic (exact) mass is 263 g/mol. The lowest BCUT2D eigenvalue weighted by atomic mass is 9.96. The molecule has 0 heterocycles. The molecule has 1 aromatic carbocycles. The first-order valence-electron chi connectivity index (χ1n) is 6.24. The summed E-state index contributed by atoms with van der Waals surface area (Å²) in [6, 6.07) is 8.94. The van der Waals surface area contributed by atoms with E-state index in [4.69, 9.17) is 4.74 Å². The van der Waals surface area contributed by atoms with Gasteiger partial charge in [-0.3, -0.25) is 4.79 Å². The van der Waals surface area contributed by atoms with Gasteiger partial charge in [-0.15, -0.1) is 0 Å². The zero-order valence-electron chi connectivity index (χ0n) is 10.8. The van der Waals surface area contributed by atoms with E-state index in [0.717, 1.165) is 12.8 Å². The van der Waals surface area contributed by atoms with E-state index in [-0.39, 0.29) is 12.5 Å². The van der Waals surface area contributed by atoms with Crippen LogP contribution in [0.5, 0.6) is 5.75 Å². The molecule has 1 fully saturated rings. The van der Waals surface area contributed by atoms with E-state index in [0.29, 0.717) is 5.75 Å². The van der Waals surface area contributed by atoms with Gasteiger partial charge in [-0.1, -0.05) is 18.2 Å². The molecular formula is C14H17NO4. The van der Waals surface area contributed by atoms with Crippen molar-refractivity contribution in [1.82, 2.24) is 5.32 Å². The molecule has 0 aliphatic heterocycles. The van der Waals surface area contributed by atoms with Crippen molar-refractivity contribution in [3.05, 3.63) is 30.3 Å². The van der Waals surface area contributed by atoms with Gasteiger partial charge in [0.25, 0.3) is 5.91 Å². The Morgan fingerprint density at radius 3 is 2.53 bits per heavy atom. The summed E-state index contributed by atoms with van der Waals surface area (Å²) in [6.45, 7) is 1.37. The molecule has 0 spiro atoms. The van der Waals surface area contributed by atoms with Crippen molar-refractivity contribution in [3.63, 3.8) is 0 Å². The maximum atomic E-state index is 11.8. The van der Waals surface area contributed by atoms with Crippen LogP contribution < -0.4 is 10.1 Å². The fraction of sp³-hybridized carbons (Fsp3) is 0.429. The van der Waals surface area contributed by atoms with Gasteiger partial charge < -0.3 is 15.2 Å². The highest BCUT2D eigenvalue weighted by Gasteiger charge is 2.48. The van der Waals surface area contributed by atoms with E-state index in [1.807, 2.05) is 6.07 Å². The molecule has 0 aromatic heterocycles. The van der Waals surface area contributed by atoms with Crippen molar-refractivity contribution in [2.24, 2.45) is 5.92 Å². The Morgan fingerprint density at radius 1 is 1.37 bits per heavy atom. The third kappa shape index (κ3) is 3.24. The number of carboxylic acids is 1. The predicted octanol–water partition coefficient (Wildman–Crippen LogP) is 1.43. The average Bonchev–Trinajstić information content (AvgIpc) is 3.22. The van der Waals surface area contributed by atoms with Crippen LogP contribution in [-0.2, 0) is 9.59 Å². The lowest BCUT2D eigenvalue weighted by Gasteiger charge is -2.26. The van der Waals surface area contributed by atoms with Gasteiger partial charge in [-0.05, 0) is 37.8 Å². The summed E-state index contributed by atoms with van der Waals surface area (Å²) >= 11 is 0. The second-order valence-electron chi connectivity index (χ2n) is 4.93. The number of carboxylic acid groups (broad SMARTS) is 1. The molecule has 1 atom stereocenters. The smallest absolute Gasteiger partial charge is 0.329 e. The highest BCUT2D eigenvalue weighted by Crippen LogP contribution is 2.39. The Labute approximate surface area is 111 Å². The molecule has 2 N–H and O–H groups in total. The zero-order chi connectivity index (χ0) is 13.9. The van der Waals surface area contributed by atoms with Crippen LogP contribution in [0.2, 0.25) is 0 Å². The van der Waals surface area contributed by atoms with Crippen LogP contribution in [0.4, 0.5) is 0 Å². The van der Waals surface area contributed by atoms with Crippen molar-refractivity contribution in [3.8, 4) is 5.75 Å². The van der Waals surface area contributed by atoms with Crippen molar-refractivity contribution >= 4 is 11.9 Å². The maximum Gasteiger partial charge on any atom is 0.329 e. The minimum atomic E-state index is -1.18. The largest absolute Gasteiger partial charge is 0.484 e. The SMILES string of the molecule is CC(NC(=O)COc1ccccc1)(C(=O)O)C1CC1. The Bertz CT molecular complexity index is 470. The molecule has 1 aliphatic carbocycles. The number of rotatable bonds is 6. The fourth-order valence-corrected chi connectivity index (χ4v) is 1.98. The van der Waals surface area contributed by atoms with Crippen LogP contribution in [0.15, 0.2) is 30.3 Å². The first kappa shape index (κ1) is 13.4. The van der Waals surface area contributed by atoms with Gasteiger partial charge in [0.15, 0.2) is 6.61 Å². The molecule has 1 amide bonds. The molecule has 1 aliphatic rings. The minimum Gasteiger partial charge on any atom is -0.484 e. The van der Waals surface area contributed by atoms with Gasteiger partial charge in [0.1, 0.15) is 11.3 Å². The van der Waals surface area contributed by atoms with Gasteiger partial charge in [-0.2, -0.15) is 0 Å². The van der Waals surface area contributed by atoms with Crippen LogP contribution in [0.3, 0.4) is 0 Å². The molecule has 0 saturated heterocycles. The minimum absolute atomic E-state index is 0.0191. The summed E-state index contributed by atoms with van der Waals surface area (Å²) in [7, 11) is 0. The number of benzene rings is 1. The Kier molecular flexibility index (Phi) is 3.74. The zero-order valence-corrected chi connectivity index (χ0v) is 10.8. The fourth-order valence-electron chi connectivity index (χ4n) is 1.98. The summed E-state index contributed by atoms with van der Waals surface area (Å²) in [5.74, 6) is -0.810. The lowest BCUT2D eigenvalue weighted by Crippen LogP contribution is -2.55. The Balaban J connectivity index is 1.88. The van der Waals surface area contributed by atoms with E-state index in [1.165, 1.54) is 0 Å². The molecule has 2 rings (SSSR count). The molecule has 19 heavy (non-hydrogen) atoms. The van der Waals surface area contributed by atoms with Gasteiger partial charge in [-0.25, -0.2) is 4.79 Å². The molecule has 1 unspecified atom stereocenters. The molecule has 102 valence electrons. The first-order valence-corrected chi connectivity index (χ1v) is 6.24. The molecule has 0 bridgehead atoms. The number of carbonyl (C=O) groups is 2. The maximum absolute atomic E-state index is 11.8. The van der Waals surface area contributed by atoms with Crippen LogP contribution in [-0.4, -0.2) is 29.1 Å². The van der Waals surface area contributed by atoms with E-state index < -0.39 is 17.4 Å². The molecular weight excluding hydrogens is 246 g/mol. The molecule has 5 nitrogen and oxygen atoms in total. The summed E-state index contributed by atoms with van der Waals surface area (Å²) in [6.07, 6.45) is 1.67. The average molecular weight is 263 g/mol. The highest BCUT2D eigenvalue weighted by atomic mass is 16.5. The molecule has 5 heteroatoms. The van der Waals surface area contributed by atoms with E-state index in [9.17, 15) is 14.7 Å². The second kappa shape index (κ2) is 5.30. The summed E-state index contributed by atoms with van der Waals surface area (Å²) in [5.41, 5.74) is -1.18. The van der Waals surface area contributed by atoms with E-state index in [2.05, 4.69) is 5.32 Å². The van der Waals surface area contributed by atoms with Crippen molar-refractivity contribution in [2.45, 2.75) is 25.3 Å². The number of hydrogen-bond acceptors (Lipinski definition) is 3. The topological polar surface area (TPSA) is 75.6 Å². The third-order valence-electron chi connectivity index (χ3n) is 3.35. The first-order chi connectivity index (χ1) is 9.02. The molecule has 0 radical (unpaired) electrons. The summed E-state index contributed by atoms with van der Waals surface area (Å²) < 4.78 is 5.29. The van der Waals surface area contributed by atoms with Crippen LogP contribution in [0, 0.1) is 5.92 Å². The van der Waals surface area contributed by atoms with Crippen molar-refractivity contribution < 1.29 is 19.4 Å². The third-order valence-corrected chi connectivity index (χ3v) is 3.35. The van der Waals surface area contributed by atoms with Crippen molar-refractivity contribution in [2.75, 3.05) is 6.61 Å². The van der Waals surface area contributed by atoms with E-state index in [1.54, 1.807) is 31.2 Å². The van der Waals surface area contributed by atoms with E-state index >= 15 is 0 Å². The van der Waals surface area contributed by atoms with Gasteiger partial charge >= 0.3 is 5.97 Å².